The summed E-state index contributed by atoms with van der Waals surface area (Å²) < 4.78 is 0.819. The van der Waals surface area contributed by atoms with Crippen LogP contribution >= 0.6 is 15.9 Å². The fourth-order valence-corrected chi connectivity index (χ4v) is 3.53. The van der Waals surface area contributed by atoms with E-state index in [1.165, 1.54) is 4.90 Å². The van der Waals surface area contributed by atoms with Crippen LogP contribution in [0.1, 0.15) is 37.7 Å². The highest BCUT2D eigenvalue weighted by molar-refractivity contribution is 9.10. The molecule has 1 heterocycles. The third-order valence-corrected chi connectivity index (χ3v) is 5.08. The summed E-state index contributed by atoms with van der Waals surface area (Å²) in [6, 6.07) is 6.78. The van der Waals surface area contributed by atoms with E-state index in [0.717, 1.165) is 47.0 Å². The largest absolute Gasteiger partial charge is 0.334 e. The Kier molecular flexibility index (Phi) is 4.29. The van der Waals surface area contributed by atoms with Gasteiger partial charge in [0, 0.05) is 10.5 Å². The second-order valence-corrected chi connectivity index (χ2v) is 6.59. The van der Waals surface area contributed by atoms with Gasteiger partial charge < -0.3 is 0 Å². The first-order chi connectivity index (χ1) is 10.6. The molecule has 0 N–H and O–H groups in total. The molecule has 0 aromatic heterocycles. The second-order valence-electron chi connectivity index (χ2n) is 5.73. The summed E-state index contributed by atoms with van der Waals surface area (Å²) in [6.45, 7) is 0.119. The monoisotopic (exact) mass is 364 g/mol. The molecule has 116 valence electrons. The molecule has 1 saturated heterocycles. The summed E-state index contributed by atoms with van der Waals surface area (Å²) in [7, 11) is 0. The van der Waals surface area contributed by atoms with Crippen molar-refractivity contribution in [2.24, 2.45) is 0 Å². The van der Waals surface area contributed by atoms with Gasteiger partial charge in [0.05, 0.1) is 6.54 Å². The molecule has 0 unspecified atom stereocenters. The van der Waals surface area contributed by atoms with Gasteiger partial charge in [-0.25, -0.2) is 4.79 Å². The molecule has 0 atom stereocenters. The zero-order valence-electron chi connectivity index (χ0n) is 12.1. The zero-order valence-corrected chi connectivity index (χ0v) is 13.7. The van der Waals surface area contributed by atoms with Crippen molar-refractivity contribution in [2.45, 2.75) is 44.7 Å². The number of urea groups is 1. The van der Waals surface area contributed by atoms with Gasteiger partial charge in [-0.05, 0) is 24.5 Å². The van der Waals surface area contributed by atoms with Crippen LogP contribution in [0.2, 0.25) is 0 Å². The quantitative estimate of drug-likeness (QED) is 0.611. The van der Waals surface area contributed by atoms with Crippen molar-refractivity contribution >= 4 is 33.8 Å². The smallest absolute Gasteiger partial charge is 0.263 e. The number of imide groups is 2. The Labute approximate surface area is 137 Å². The lowest BCUT2D eigenvalue weighted by Crippen LogP contribution is -2.42. The number of carbonyl (C=O) groups excluding carboxylic acids is 3. The Morgan fingerprint density at radius 1 is 1.00 bits per heavy atom. The maximum atomic E-state index is 12.5. The van der Waals surface area contributed by atoms with Crippen LogP contribution in [0, 0.1) is 0 Å². The van der Waals surface area contributed by atoms with Crippen LogP contribution in [0.3, 0.4) is 0 Å². The highest BCUT2D eigenvalue weighted by Gasteiger charge is 2.47. The average Bonchev–Trinajstić information content (AvgIpc) is 2.74. The molecule has 1 aromatic rings. The van der Waals surface area contributed by atoms with Gasteiger partial charge in [-0.3, -0.25) is 19.4 Å². The minimum Gasteiger partial charge on any atom is -0.263 e. The summed E-state index contributed by atoms with van der Waals surface area (Å²) in [5.41, 5.74) is 0.808. The van der Waals surface area contributed by atoms with E-state index in [1.54, 1.807) is 0 Å². The fraction of sp³-hybridized carbons (Fsp3) is 0.438. The third kappa shape index (κ3) is 2.67. The number of carbonyl (C=O) groups is 3. The van der Waals surface area contributed by atoms with Crippen LogP contribution in [0.25, 0.3) is 0 Å². The Morgan fingerprint density at radius 2 is 1.68 bits per heavy atom. The molecule has 3 rings (SSSR count). The highest BCUT2D eigenvalue weighted by Crippen LogP contribution is 2.28. The predicted molar refractivity (Wildman–Crippen MR) is 83.8 cm³/mol. The van der Waals surface area contributed by atoms with E-state index in [9.17, 15) is 14.4 Å². The molecule has 2 aliphatic rings. The van der Waals surface area contributed by atoms with Gasteiger partial charge in [-0.2, -0.15) is 0 Å². The molecule has 0 radical (unpaired) electrons. The summed E-state index contributed by atoms with van der Waals surface area (Å²) in [5.74, 6) is -1.39. The van der Waals surface area contributed by atoms with Gasteiger partial charge in [0.1, 0.15) is 0 Å². The number of benzene rings is 1. The van der Waals surface area contributed by atoms with Crippen LogP contribution in [0.5, 0.6) is 0 Å². The SMILES string of the molecule is O=C1C(=O)N(C2CCCCC2)C(=O)N1Cc1ccccc1Br. The van der Waals surface area contributed by atoms with E-state index in [1.807, 2.05) is 24.3 Å². The Balaban J connectivity index is 1.81. The number of hydrogen-bond acceptors (Lipinski definition) is 3. The van der Waals surface area contributed by atoms with Gasteiger partial charge in [0.25, 0.3) is 0 Å². The summed E-state index contributed by atoms with van der Waals surface area (Å²) >= 11 is 3.40. The first-order valence-electron chi connectivity index (χ1n) is 7.52. The number of nitrogens with zero attached hydrogens (tertiary/aromatic N) is 2. The number of hydrogen-bond donors (Lipinski definition) is 0. The van der Waals surface area contributed by atoms with E-state index < -0.39 is 17.8 Å². The Morgan fingerprint density at radius 3 is 2.36 bits per heavy atom. The topological polar surface area (TPSA) is 57.7 Å². The number of amides is 4. The van der Waals surface area contributed by atoms with Crippen LogP contribution in [0.4, 0.5) is 4.79 Å². The molecule has 0 bridgehead atoms. The lowest BCUT2D eigenvalue weighted by Gasteiger charge is -2.28. The van der Waals surface area contributed by atoms with E-state index in [0.29, 0.717) is 0 Å². The van der Waals surface area contributed by atoms with E-state index in [4.69, 9.17) is 0 Å². The van der Waals surface area contributed by atoms with Gasteiger partial charge in [-0.1, -0.05) is 53.4 Å². The van der Waals surface area contributed by atoms with Crippen LogP contribution in [-0.2, 0) is 16.1 Å². The van der Waals surface area contributed by atoms with Gasteiger partial charge >= 0.3 is 17.8 Å². The summed E-state index contributed by atoms with van der Waals surface area (Å²) in [6.07, 6.45) is 4.73. The normalized spacial score (nSPS) is 20.1. The molecule has 1 saturated carbocycles. The van der Waals surface area contributed by atoms with Crippen LogP contribution in [-0.4, -0.2) is 33.7 Å². The lowest BCUT2D eigenvalue weighted by atomic mass is 9.94. The van der Waals surface area contributed by atoms with Crippen molar-refractivity contribution in [2.75, 3.05) is 0 Å². The van der Waals surface area contributed by atoms with Gasteiger partial charge in [0.2, 0.25) is 0 Å². The number of rotatable bonds is 3. The third-order valence-electron chi connectivity index (χ3n) is 4.31. The molecule has 2 fully saturated rings. The fourth-order valence-electron chi connectivity index (χ4n) is 3.12. The molecule has 1 aliphatic heterocycles. The first kappa shape index (κ1) is 15.2. The maximum absolute atomic E-state index is 12.5. The molecular weight excluding hydrogens is 348 g/mol. The number of halogens is 1. The predicted octanol–water partition coefficient (Wildman–Crippen LogP) is 3.07. The average molecular weight is 365 g/mol. The molecule has 1 aliphatic carbocycles. The molecular formula is C16H17BrN2O3. The molecule has 0 spiro atoms. The maximum Gasteiger partial charge on any atom is 0.334 e. The van der Waals surface area contributed by atoms with Crippen molar-refractivity contribution in [3.8, 4) is 0 Å². The van der Waals surface area contributed by atoms with Crippen molar-refractivity contribution in [1.29, 1.82) is 0 Å². The van der Waals surface area contributed by atoms with E-state index >= 15 is 0 Å². The zero-order chi connectivity index (χ0) is 15.7. The highest BCUT2D eigenvalue weighted by atomic mass is 79.9. The van der Waals surface area contributed by atoms with E-state index in [-0.39, 0.29) is 12.6 Å². The van der Waals surface area contributed by atoms with Crippen molar-refractivity contribution in [3.63, 3.8) is 0 Å². The van der Waals surface area contributed by atoms with Gasteiger partial charge in [0.15, 0.2) is 0 Å². The molecule has 1 aromatic carbocycles. The minimum atomic E-state index is -0.716. The Hall–Kier alpha value is -1.69. The molecule has 4 amide bonds. The van der Waals surface area contributed by atoms with Crippen molar-refractivity contribution < 1.29 is 14.4 Å². The Bertz CT molecular complexity index is 626. The van der Waals surface area contributed by atoms with Crippen LogP contribution < -0.4 is 0 Å². The lowest BCUT2D eigenvalue weighted by molar-refractivity contribution is -0.144. The summed E-state index contributed by atoms with van der Waals surface area (Å²) in [4.78, 5) is 39.2. The first-order valence-corrected chi connectivity index (χ1v) is 8.31. The molecule has 5 nitrogen and oxygen atoms in total. The second kappa shape index (κ2) is 6.20. The van der Waals surface area contributed by atoms with E-state index in [2.05, 4.69) is 15.9 Å². The van der Waals surface area contributed by atoms with Crippen molar-refractivity contribution in [3.05, 3.63) is 34.3 Å². The molecule has 6 heteroatoms. The molecule has 22 heavy (non-hydrogen) atoms. The summed E-state index contributed by atoms with van der Waals surface area (Å²) in [5, 5.41) is 0. The van der Waals surface area contributed by atoms with Gasteiger partial charge in [-0.15, -0.1) is 0 Å². The van der Waals surface area contributed by atoms with Crippen molar-refractivity contribution in [1.82, 2.24) is 9.80 Å². The van der Waals surface area contributed by atoms with Crippen LogP contribution in [0.15, 0.2) is 28.7 Å². The standard InChI is InChI=1S/C16H17BrN2O3/c17-13-9-5-4-6-11(13)10-18-14(20)15(21)19(16(18)22)12-7-2-1-3-8-12/h4-6,9,12H,1-3,7-8,10H2. The minimum absolute atomic E-state index is 0.119.